The molecular formula is C12H13BrN2O3S. The molecule has 1 aliphatic rings. The van der Waals surface area contributed by atoms with Gasteiger partial charge in [-0.1, -0.05) is 11.8 Å². The van der Waals surface area contributed by atoms with Gasteiger partial charge in [-0.2, -0.15) is 0 Å². The lowest BCUT2D eigenvalue weighted by atomic mass is 10.1. The molecule has 0 saturated carbocycles. The number of nitrogens with zero attached hydrogens (tertiary/aromatic N) is 2. The summed E-state index contributed by atoms with van der Waals surface area (Å²) in [5, 5.41) is 9.88. The number of pyridine rings is 1. The van der Waals surface area contributed by atoms with Crippen molar-refractivity contribution < 1.29 is 14.7 Å². The monoisotopic (exact) mass is 344 g/mol. The summed E-state index contributed by atoms with van der Waals surface area (Å²) in [7, 11) is 0. The maximum atomic E-state index is 11.9. The Labute approximate surface area is 123 Å². The number of anilines is 1. The number of rotatable bonds is 3. The van der Waals surface area contributed by atoms with Crippen LogP contribution in [-0.4, -0.2) is 33.4 Å². The third kappa shape index (κ3) is 3.48. The average molecular weight is 345 g/mol. The average Bonchev–Trinajstić information content (AvgIpc) is 2.68. The normalized spacial score (nSPS) is 18.9. The Morgan fingerprint density at radius 1 is 1.68 bits per heavy atom. The summed E-state index contributed by atoms with van der Waals surface area (Å²) in [6.07, 6.45) is 1.93. The first-order valence-corrected chi connectivity index (χ1v) is 7.53. The Hall–Kier alpha value is -1.08. The SMILES string of the molecule is CC(=O)SCC1CC(=O)N(c2ncc(Br)cc2O)C1. The van der Waals surface area contributed by atoms with Gasteiger partial charge in [-0.15, -0.1) is 0 Å². The van der Waals surface area contributed by atoms with Gasteiger partial charge in [0, 0.05) is 36.3 Å². The lowest BCUT2D eigenvalue weighted by Crippen LogP contribution is -2.25. The van der Waals surface area contributed by atoms with Crippen LogP contribution in [-0.2, 0) is 9.59 Å². The number of carbonyl (C=O) groups is 2. The van der Waals surface area contributed by atoms with Crippen LogP contribution in [0.3, 0.4) is 0 Å². The minimum atomic E-state index is -0.0701. The van der Waals surface area contributed by atoms with Crippen LogP contribution in [0.15, 0.2) is 16.7 Å². The van der Waals surface area contributed by atoms with Crippen LogP contribution in [0.4, 0.5) is 5.82 Å². The zero-order chi connectivity index (χ0) is 14.0. The molecule has 2 rings (SSSR count). The quantitative estimate of drug-likeness (QED) is 0.909. The molecule has 0 aromatic carbocycles. The van der Waals surface area contributed by atoms with E-state index in [1.54, 1.807) is 6.20 Å². The lowest BCUT2D eigenvalue weighted by Gasteiger charge is -2.16. The summed E-state index contributed by atoms with van der Waals surface area (Å²) >= 11 is 4.43. The summed E-state index contributed by atoms with van der Waals surface area (Å²) in [6.45, 7) is 2.00. The van der Waals surface area contributed by atoms with Gasteiger partial charge in [-0.25, -0.2) is 4.98 Å². The van der Waals surface area contributed by atoms with E-state index in [1.807, 2.05) is 0 Å². The third-order valence-corrected chi connectivity index (χ3v) is 4.28. The smallest absolute Gasteiger partial charge is 0.228 e. The van der Waals surface area contributed by atoms with Gasteiger partial charge in [0.15, 0.2) is 16.7 Å². The van der Waals surface area contributed by atoms with Crippen LogP contribution < -0.4 is 4.90 Å². The zero-order valence-corrected chi connectivity index (χ0v) is 12.7. The van der Waals surface area contributed by atoms with Crippen molar-refractivity contribution in [3.63, 3.8) is 0 Å². The molecule has 1 atom stereocenters. The predicted molar refractivity (Wildman–Crippen MR) is 77.2 cm³/mol. The van der Waals surface area contributed by atoms with Crippen molar-refractivity contribution in [3.05, 3.63) is 16.7 Å². The Bertz CT molecular complexity index is 524. The molecule has 7 heteroatoms. The van der Waals surface area contributed by atoms with E-state index in [2.05, 4.69) is 20.9 Å². The van der Waals surface area contributed by atoms with E-state index in [-0.39, 0.29) is 28.5 Å². The van der Waals surface area contributed by atoms with Crippen LogP contribution in [0.5, 0.6) is 5.75 Å². The van der Waals surface area contributed by atoms with Crippen LogP contribution in [0, 0.1) is 5.92 Å². The van der Waals surface area contributed by atoms with E-state index >= 15 is 0 Å². The van der Waals surface area contributed by atoms with E-state index in [0.29, 0.717) is 23.2 Å². The van der Waals surface area contributed by atoms with Crippen molar-refractivity contribution in [1.82, 2.24) is 4.98 Å². The van der Waals surface area contributed by atoms with E-state index in [4.69, 9.17) is 0 Å². The summed E-state index contributed by atoms with van der Waals surface area (Å²) in [5.74, 6) is 0.922. The summed E-state index contributed by atoms with van der Waals surface area (Å²) in [6, 6.07) is 1.51. The molecule has 0 radical (unpaired) electrons. The van der Waals surface area contributed by atoms with Crippen LogP contribution in [0.25, 0.3) is 0 Å². The molecule has 1 saturated heterocycles. The Morgan fingerprint density at radius 3 is 3.05 bits per heavy atom. The first kappa shape index (κ1) is 14.3. The maximum Gasteiger partial charge on any atom is 0.228 e. The van der Waals surface area contributed by atoms with Gasteiger partial charge in [0.1, 0.15) is 0 Å². The predicted octanol–water partition coefficient (Wildman–Crippen LogP) is 2.18. The van der Waals surface area contributed by atoms with E-state index in [9.17, 15) is 14.7 Å². The standard InChI is InChI=1S/C12H13BrN2O3S/c1-7(16)19-6-8-2-11(18)15(5-8)12-10(17)3-9(13)4-14-12/h3-4,8,17H,2,5-6H2,1H3. The second-order valence-electron chi connectivity index (χ2n) is 4.37. The summed E-state index contributed by atoms with van der Waals surface area (Å²) < 4.78 is 0.657. The molecular weight excluding hydrogens is 332 g/mol. The number of halogens is 1. The number of thioether (sulfide) groups is 1. The molecule has 0 aliphatic carbocycles. The fourth-order valence-corrected chi connectivity index (χ4v) is 2.98. The number of hydrogen-bond donors (Lipinski definition) is 1. The Balaban J connectivity index is 2.09. The largest absolute Gasteiger partial charge is 0.504 e. The molecule has 1 aliphatic heterocycles. The van der Waals surface area contributed by atoms with Crippen molar-refractivity contribution in [2.75, 3.05) is 17.2 Å². The fourth-order valence-electron chi connectivity index (χ4n) is 1.96. The van der Waals surface area contributed by atoms with Gasteiger partial charge >= 0.3 is 0 Å². The molecule has 2 heterocycles. The zero-order valence-electron chi connectivity index (χ0n) is 10.3. The highest BCUT2D eigenvalue weighted by Crippen LogP contribution is 2.32. The number of carbonyl (C=O) groups excluding carboxylic acids is 2. The van der Waals surface area contributed by atoms with E-state index < -0.39 is 0 Å². The van der Waals surface area contributed by atoms with Crippen molar-refractivity contribution in [3.8, 4) is 5.75 Å². The molecule has 19 heavy (non-hydrogen) atoms. The molecule has 0 spiro atoms. The highest BCUT2D eigenvalue weighted by Gasteiger charge is 2.32. The molecule has 102 valence electrons. The second kappa shape index (κ2) is 5.92. The number of aromatic nitrogens is 1. The van der Waals surface area contributed by atoms with Crippen LogP contribution in [0.1, 0.15) is 13.3 Å². The molecule has 1 unspecified atom stereocenters. The molecule has 0 bridgehead atoms. The number of amides is 1. The minimum absolute atomic E-state index is 0.0254. The number of aromatic hydroxyl groups is 1. The minimum Gasteiger partial charge on any atom is -0.504 e. The molecule has 1 aromatic heterocycles. The van der Waals surface area contributed by atoms with Gasteiger partial charge < -0.3 is 5.11 Å². The highest BCUT2D eigenvalue weighted by atomic mass is 79.9. The van der Waals surface area contributed by atoms with Crippen LogP contribution in [0.2, 0.25) is 0 Å². The van der Waals surface area contributed by atoms with Crippen molar-refractivity contribution in [1.29, 1.82) is 0 Å². The molecule has 5 nitrogen and oxygen atoms in total. The van der Waals surface area contributed by atoms with Gasteiger partial charge in [-0.05, 0) is 27.9 Å². The van der Waals surface area contributed by atoms with E-state index in [0.717, 1.165) is 0 Å². The topological polar surface area (TPSA) is 70.5 Å². The lowest BCUT2D eigenvalue weighted by molar-refractivity contribution is -0.117. The number of hydrogen-bond acceptors (Lipinski definition) is 5. The fraction of sp³-hybridized carbons (Fsp3) is 0.417. The van der Waals surface area contributed by atoms with Crippen molar-refractivity contribution in [2.45, 2.75) is 13.3 Å². The third-order valence-electron chi connectivity index (χ3n) is 2.80. The van der Waals surface area contributed by atoms with Gasteiger partial charge in [0.25, 0.3) is 0 Å². The van der Waals surface area contributed by atoms with Crippen LogP contribution >= 0.6 is 27.7 Å². The first-order chi connectivity index (χ1) is 8.97. The molecule has 1 fully saturated rings. The summed E-state index contributed by atoms with van der Waals surface area (Å²) in [4.78, 5) is 28.4. The first-order valence-electron chi connectivity index (χ1n) is 5.75. The maximum absolute atomic E-state index is 11.9. The molecule has 1 N–H and O–H groups in total. The Kier molecular flexibility index (Phi) is 4.46. The van der Waals surface area contributed by atoms with E-state index in [1.165, 1.54) is 29.7 Å². The second-order valence-corrected chi connectivity index (χ2v) is 6.49. The highest BCUT2D eigenvalue weighted by molar-refractivity contribution is 9.10. The van der Waals surface area contributed by atoms with Gasteiger partial charge in [-0.3, -0.25) is 14.5 Å². The van der Waals surface area contributed by atoms with Crippen molar-refractivity contribution in [2.24, 2.45) is 5.92 Å². The Morgan fingerprint density at radius 2 is 2.42 bits per heavy atom. The molecule has 1 amide bonds. The van der Waals surface area contributed by atoms with Crippen molar-refractivity contribution >= 4 is 44.5 Å². The molecule has 1 aromatic rings. The van der Waals surface area contributed by atoms with Gasteiger partial charge in [0.2, 0.25) is 5.91 Å². The summed E-state index contributed by atoms with van der Waals surface area (Å²) in [5.41, 5.74) is 0. The van der Waals surface area contributed by atoms with Gasteiger partial charge in [0.05, 0.1) is 0 Å².